The molecule has 0 aliphatic heterocycles. The first kappa shape index (κ1) is 27.2. The molecule has 3 N–H and O–H groups in total. The summed E-state index contributed by atoms with van der Waals surface area (Å²) in [7, 11) is 0. The number of aliphatic carboxylic acids is 1. The number of aromatic nitrogens is 1. The van der Waals surface area contributed by atoms with Crippen molar-refractivity contribution in [3.05, 3.63) is 108 Å². The van der Waals surface area contributed by atoms with Crippen molar-refractivity contribution in [2.24, 2.45) is 5.92 Å². The molecule has 194 valence electrons. The SMILES string of the molecule is CC(C(=O)N[C@H](Cc1c[nH]c2ccccc12)C(=O)O)C(SC(=O)c1ccccc1)SC(=O)c1ccccc1. The van der Waals surface area contributed by atoms with E-state index in [2.05, 4.69) is 10.3 Å². The molecular weight excluding hydrogens is 520 g/mol. The predicted molar refractivity (Wildman–Crippen MR) is 151 cm³/mol. The van der Waals surface area contributed by atoms with E-state index in [1.807, 2.05) is 24.3 Å². The molecule has 38 heavy (non-hydrogen) atoms. The number of fused-ring (bicyclic) bond motifs is 1. The summed E-state index contributed by atoms with van der Waals surface area (Å²) >= 11 is 1.78. The molecule has 9 heteroatoms. The van der Waals surface area contributed by atoms with Gasteiger partial charge in [-0.25, -0.2) is 4.79 Å². The first-order chi connectivity index (χ1) is 18.3. The normalized spacial score (nSPS) is 12.7. The number of para-hydroxylation sites is 1. The van der Waals surface area contributed by atoms with Crippen LogP contribution >= 0.6 is 23.5 Å². The van der Waals surface area contributed by atoms with Crippen molar-refractivity contribution in [1.82, 2.24) is 10.3 Å². The van der Waals surface area contributed by atoms with Gasteiger partial charge in [0.05, 0.1) is 10.5 Å². The van der Waals surface area contributed by atoms with Crippen LogP contribution in [0.2, 0.25) is 0 Å². The lowest BCUT2D eigenvalue weighted by atomic mass is 10.0. The van der Waals surface area contributed by atoms with Gasteiger partial charge < -0.3 is 15.4 Å². The Morgan fingerprint density at radius 3 is 1.89 bits per heavy atom. The Kier molecular flexibility index (Phi) is 9.04. The standard InChI is InChI=1S/C29H26N2O5S2/c1-18(25(32)31-24(26(33)34)16-21-17-30-23-15-9-8-14-22(21)23)29(37-27(35)19-10-4-2-5-11-19)38-28(36)20-12-6-3-7-13-20/h2-15,17-18,24,29-30H,16H2,1H3,(H,31,32)(H,33,34)/t18?,24-/m1/s1. The van der Waals surface area contributed by atoms with Crippen LogP contribution in [-0.4, -0.2) is 42.8 Å². The molecule has 4 aromatic rings. The lowest BCUT2D eigenvalue weighted by molar-refractivity contribution is -0.142. The summed E-state index contributed by atoms with van der Waals surface area (Å²) in [4.78, 5) is 54.4. The van der Waals surface area contributed by atoms with Crippen LogP contribution in [0.4, 0.5) is 0 Å². The van der Waals surface area contributed by atoms with Crippen LogP contribution in [0.15, 0.2) is 91.1 Å². The van der Waals surface area contributed by atoms with E-state index in [-0.39, 0.29) is 16.7 Å². The van der Waals surface area contributed by atoms with Gasteiger partial charge >= 0.3 is 5.97 Å². The van der Waals surface area contributed by atoms with E-state index in [0.717, 1.165) is 40.0 Å². The minimum Gasteiger partial charge on any atom is -0.480 e. The molecule has 3 aromatic carbocycles. The second kappa shape index (κ2) is 12.6. The summed E-state index contributed by atoms with van der Waals surface area (Å²) < 4.78 is -0.780. The number of H-pyrrole nitrogens is 1. The van der Waals surface area contributed by atoms with Gasteiger partial charge in [0.15, 0.2) is 0 Å². The molecule has 7 nitrogen and oxygen atoms in total. The monoisotopic (exact) mass is 546 g/mol. The van der Waals surface area contributed by atoms with Gasteiger partial charge in [-0.1, -0.05) is 109 Å². The maximum Gasteiger partial charge on any atom is 0.326 e. The summed E-state index contributed by atoms with van der Waals surface area (Å²) in [6.07, 6.45) is 1.82. The first-order valence-corrected chi connectivity index (χ1v) is 13.7. The van der Waals surface area contributed by atoms with Gasteiger partial charge in [-0.15, -0.1) is 0 Å². The number of thioether (sulfide) groups is 2. The van der Waals surface area contributed by atoms with Gasteiger partial charge in [-0.05, 0) is 11.6 Å². The van der Waals surface area contributed by atoms with Crippen LogP contribution in [0.5, 0.6) is 0 Å². The summed E-state index contributed by atoms with van der Waals surface area (Å²) in [5, 5.41) is 12.8. The fraction of sp³-hybridized carbons (Fsp3) is 0.172. The van der Waals surface area contributed by atoms with E-state index in [9.17, 15) is 24.3 Å². The summed E-state index contributed by atoms with van der Waals surface area (Å²) in [6.45, 7) is 1.60. The number of nitrogens with one attached hydrogen (secondary N) is 2. The number of hydrogen-bond donors (Lipinski definition) is 3. The highest BCUT2D eigenvalue weighted by molar-refractivity contribution is 8.30. The van der Waals surface area contributed by atoms with E-state index in [1.54, 1.807) is 73.8 Å². The van der Waals surface area contributed by atoms with Crippen molar-refractivity contribution < 1.29 is 24.3 Å². The quantitative estimate of drug-likeness (QED) is 0.228. The second-order valence-electron chi connectivity index (χ2n) is 8.66. The predicted octanol–water partition coefficient (Wildman–Crippen LogP) is 5.39. The van der Waals surface area contributed by atoms with Crippen molar-refractivity contribution >= 4 is 56.5 Å². The van der Waals surface area contributed by atoms with Crippen molar-refractivity contribution in [3.63, 3.8) is 0 Å². The smallest absolute Gasteiger partial charge is 0.326 e. The molecule has 0 fully saturated rings. The molecule has 0 aliphatic carbocycles. The highest BCUT2D eigenvalue weighted by Crippen LogP contribution is 2.35. The Balaban J connectivity index is 1.52. The fourth-order valence-corrected chi connectivity index (χ4v) is 6.21. The Morgan fingerprint density at radius 2 is 1.34 bits per heavy atom. The third kappa shape index (κ3) is 6.73. The zero-order chi connectivity index (χ0) is 27.1. The zero-order valence-corrected chi connectivity index (χ0v) is 22.1. The van der Waals surface area contributed by atoms with E-state index >= 15 is 0 Å². The third-order valence-corrected chi connectivity index (χ3v) is 8.76. The minimum absolute atomic E-state index is 0.0780. The van der Waals surface area contributed by atoms with Gasteiger partial charge in [-0.2, -0.15) is 0 Å². The molecule has 0 aliphatic rings. The van der Waals surface area contributed by atoms with E-state index in [1.165, 1.54) is 0 Å². The van der Waals surface area contributed by atoms with Crippen molar-refractivity contribution in [2.75, 3.05) is 0 Å². The van der Waals surface area contributed by atoms with Crippen LogP contribution in [0.3, 0.4) is 0 Å². The molecular formula is C29H26N2O5S2. The molecule has 0 saturated heterocycles. The maximum absolute atomic E-state index is 13.3. The first-order valence-electron chi connectivity index (χ1n) is 11.9. The largest absolute Gasteiger partial charge is 0.480 e. The molecule has 0 bridgehead atoms. The lowest BCUT2D eigenvalue weighted by Gasteiger charge is -2.23. The van der Waals surface area contributed by atoms with E-state index < -0.39 is 28.4 Å². The number of aromatic amines is 1. The summed E-state index contributed by atoms with van der Waals surface area (Å²) in [5.74, 6) is -2.58. The highest BCUT2D eigenvalue weighted by Gasteiger charge is 2.33. The lowest BCUT2D eigenvalue weighted by Crippen LogP contribution is -2.46. The minimum atomic E-state index is -1.19. The van der Waals surface area contributed by atoms with Gasteiger partial charge in [-0.3, -0.25) is 14.4 Å². The van der Waals surface area contributed by atoms with Gasteiger partial charge in [0, 0.05) is 34.6 Å². The number of benzene rings is 3. The molecule has 4 rings (SSSR count). The summed E-state index contributed by atoms with van der Waals surface area (Å²) in [6, 6.07) is 23.6. The van der Waals surface area contributed by atoms with Crippen molar-refractivity contribution in [1.29, 1.82) is 0 Å². The van der Waals surface area contributed by atoms with Crippen LogP contribution in [-0.2, 0) is 16.0 Å². The van der Waals surface area contributed by atoms with Crippen molar-refractivity contribution in [3.8, 4) is 0 Å². The van der Waals surface area contributed by atoms with E-state index in [4.69, 9.17) is 0 Å². The Morgan fingerprint density at radius 1 is 0.816 bits per heavy atom. The molecule has 1 unspecified atom stereocenters. The van der Waals surface area contributed by atoms with Crippen LogP contribution < -0.4 is 5.32 Å². The number of carbonyl (C=O) groups is 4. The maximum atomic E-state index is 13.3. The number of hydrogen-bond acceptors (Lipinski definition) is 6. The molecule has 1 aromatic heterocycles. The molecule has 0 radical (unpaired) electrons. The van der Waals surface area contributed by atoms with E-state index in [0.29, 0.717) is 11.1 Å². The Hall–Kier alpha value is -3.82. The van der Waals surface area contributed by atoms with Crippen LogP contribution in [0.1, 0.15) is 33.2 Å². The zero-order valence-electron chi connectivity index (χ0n) is 20.5. The highest BCUT2D eigenvalue weighted by atomic mass is 32.2. The topological polar surface area (TPSA) is 116 Å². The Labute approximate surface area is 228 Å². The molecule has 2 atom stereocenters. The molecule has 1 heterocycles. The molecule has 1 amide bonds. The Bertz CT molecular complexity index is 1390. The fourth-order valence-electron chi connectivity index (χ4n) is 3.87. The second-order valence-corrected chi connectivity index (χ2v) is 11.2. The van der Waals surface area contributed by atoms with Gasteiger partial charge in [0.25, 0.3) is 0 Å². The van der Waals surface area contributed by atoms with Gasteiger partial charge in [0.2, 0.25) is 16.1 Å². The molecule has 0 spiro atoms. The van der Waals surface area contributed by atoms with Crippen LogP contribution in [0.25, 0.3) is 10.9 Å². The number of carboxylic acid groups (broad SMARTS) is 1. The number of rotatable bonds is 10. The van der Waals surface area contributed by atoms with Crippen LogP contribution in [0, 0.1) is 5.92 Å². The third-order valence-electron chi connectivity index (χ3n) is 6.00. The number of carboxylic acids is 1. The number of carbonyl (C=O) groups excluding carboxylic acids is 3. The average Bonchev–Trinajstić information content (AvgIpc) is 3.35. The van der Waals surface area contributed by atoms with Gasteiger partial charge in [0.1, 0.15) is 6.04 Å². The summed E-state index contributed by atoms with van der Waals surface area (Å²) in [5.41, 5.74) is 2.54. The average molecular weight is 547 g/mol. The number of amides is 1. The van der Waals surface area contributed by atoms with Crippen molar-refractivity contribution in [2.45, 2.75) is 24.0 Å². The molecule has 0 saturated carbocycles.